The maximum atomic E-state index is 6.24. The van der Waals surface area contributed by atoms with Gasteiger partial charge in [-0.2, -0.15) is 0 Å². The van der Waals surface area contributed by atoms with Crippen LogP contribution in [0.2, 0.25) is 0 Å². The van der Waals surface area contributed by atoms with E-state index in [2.05, 4.69) is 47.4 Å². The molecule has 0 aliphatic rings. The van der Waals surface area contributed by atoms with E-state index < -0.39 is 0 Å². The first-order valence-corrected chi connectivity index (χ1v) is 6.46. The van der Waals surface area contributed by atoms with Crippen LogP contribution in [0.25, 0.3) is 10.8 Å². The Labute approximate surface area is 112 Å². The van der Waals surface area contributed by atoms with Gasteiger partial charge in [-0.15, -0.1) is 0 Å². The fourth-order valence-electron chi connectivity index (χ4n) is 2.35. The van der Waals surface area contributed by atoms with Crippen LogP contribution in [-0.2, 0) is 6.42 Å². The Kier molecular flexibility index (Phi) is 3.25. The Morgan fingerprint density at radius 1 is 0.895 bits per heavy atom. The van der Waals surface area contributed by atoms with Crippen LogP contribution in [0, 0.1) is 0 Å². The van der Waals surface area contributed by atoms with Crippen molar-refractivity contribution in [1.82, 2.24) is 4.98 Å². The van der Waals surface area contributed by atoms with E-state index in [0.29, 0.717) is 0 Å². The fourth-order valence-corrected chi connectivity index (χ4v) is 2.35. The number of hydrogen-bond acceptors (Lipinski definition) is 2. The SMILES string of the molecule is NC(Cc1ccc2ccccc2c1)c1ccncc1. The molecule has 94 valence electrons. The zero-order valence-electron chi connectivity index (χ0n) is 10.7. The predicted octanol–water partition coefficient (Wildman–Crippen LogP) is 3.48. The average Bonchev–Trinajstić information content (AvgIpc) is 2.48. The number of pyridine rings is 1. The molecule has 2 nitrogen and oxygen atoms in total. The van der Waals surface area contributed by atoms with Gasteiger partial charge in [-0.05, 0) is 40.5 Å². The van der Waals surface area contributed by atoms with Crippen molar-refractivity contribution < 1.29 is 0 Å². The van der Waals surface area contributed by atoms with Gasteiger partial charge < -0.3 is 5.73 Å². The summed E-state index contributed by atoms with van der Waals surface area (Å²) in [5.74, 6) is 0. The number of nitrogens with two attached hydrogens (primary N) is 1. The predicted molar refractivity (Wildman–Crippen MR) is 78.8 cm³/mol. The zero-order valence-corrected chi connectivity index (χ0v) is 10.7. The van der Waals surface area contributed by atoms with E-state index >= 15 is 0 Å². The van der Waals surface area contributed by atoms with Crippen molar-refractivity contribution in [2.75, 3.05) is 0 Å². The van der Waals surface area contributed by atoms with Crippen LogP contribution in [0.1, 0.15) is 17.2 Å². The minimum atomic E-state index is 0.0177. The maximum absolute atomic E-state index is 6.24. The monoisotopic (exact) mass is 248 g/mol. The molecule has 0 radical (unpaired) electrons. The quantitative estimate of drug-likeness (QED) is 0.770. The van der Waals surface area contributed by atoms with Crippen molar-refractivity contribution in [1.29, 1.82) is 0 Å². The molecule has 1 unspecified atom stereocenters. The van der Waals surface area contributed by atoms with Gasteiger partial charge in [-0.25, -0.2) is 0 Å². The summed E-state index contributed by atoms with van der Waals surface area (Å²) in [4.78, 5) is 4.02. The van der Waals surface area contributed by atoms with Gasteiger partial charge in [0.05, 0.1) is 0 Å². The van der Waals surface area contributed by atoms with E-state index in [4.69, 9.17) is 5.73 Å². The molecule has 2 aromatic carbocycles. The smallest absolute Gasteiger partial charge is 0.0336 e. The van der Waals surface area contributed by atoms with Crippen LogP contribution in [0.3, 0.4) is 0 Å². The first kappa shape index (κ1) is 11.9. The number of hydrogen-bond donors (Lipinski definition) is 1. The van der Waals surface area contributed by atoms with Crippen molar-refractivity contribution in [3.05, 3.63) is 78.1 Å². The van der Waals surface area contributed by atoms with Crippen molar-refractivity contribution in [2.45, 2.75) is 12.5 Å². The maximum Gasteiger partial charge on any atom is 0.0336 e. The minimum absolute atomic E-state index is 0.0177. The molecule has 0 bridgehead atoms. The van der Waals surface area contributed by atoms with Crippen LogP contribution < -0.4 is 5.73 Å². The van der Waals surface area contributed by atoms with Gasteiger partial charge in [0.15, 0.2) is 0 Å². The van der Waals surface area contributed by atoms with Crippen LogP contribution in [0.5, 0.6) is 0 Å². The zero-order chi connectivity index (χ0) is 13.1. The average molecular weight is 248 g/mol. The van der Waals surface area contributed by atoms with E-state index in [9.17, 15) is 0 Å². The summed E-state index contributed by atoms with van der Waals surface area (Å²) in [6.45, 7) is 0. The molecule has 0 aliphatic heterocycles. The Morgan fingerprint density at radius 3 is 2.42 bits per heavy atom. The molecule has 2 N–H and O–H groups in total. The molecule has 0 aliphatic carbocycles. The lowest BCUT2D eigenvalue weighted by molar-refractivity contribution is 0.721. The standard InChI is InChI=1S/C17H16N2/c18-17(15-7-9-19-10-8-15)12-13-5-6-14-3-1-2-4-16(14)11-13/h1-11,17H,12,18H2. The highest BCUT2D eigenvalue weighted by molar-refractivity contribution is 5.83. The third-order valence-electron chi connectivity index (χ3n) is 3.40. The largest absolute Gasteiger partial charge is 0.324 e. The number of nitrogens with zero attached hydrogens (tertiary/aromatic N) is 1. The summed E-state index contributed by atoms with van der Waals surface area (Å²) >= 11 is 0. The van der Waals surface area contributed by atoms with Gasteiger partial charge in [0.2, 0.25) is 0 Å². The van der Waals surface area contributed by atoms with Gasteiger partial charge >= 0.3 is 0 Å². The van der Waals surface area contributed by atoms with Crippen LogP contribution in [0.4, 0.5) is 0 Å². The van der Waals surface area contributed by atoms with Gasteiger partial charge in [0.25, 0.3) is 0 Å². The normalized spacial score (nSPS) is 12.5. The van der Waals surface area contributed by atoms with Crippen LogP contribution >= 0.6 is 0 Å². The van der Waals surface area contributed by atoms with Crippen LogP contribution in [-0.4, -0.2) is 4.98 Å². The van der Waals surface area contributed by atoms with Gasteiger partial charge in [-0.3, -0.25) is 4.98 Å². The lowest BCUT2D eigenvalue weighted by Gasteiger charge is -2.12. The molecular formula is C17H16N2. The molecule has 0 amide bonds. The molecule has 3 aromatic rings. The Balaban J connectivity index is 1.85. The highest BCUT2D eigenvalue weighted by atomic mass is 14.6. The first-order valence-electron chi connectivity index (χ1n) is 6.46. The fraction of sp³-hybridized carbons (Fsp3) is 0.118. The molecule has 1 atom stereocenters. The number of benzene rings is 2. The Morgan fingerprint density at radius 2 is 1.63 bits per heavy atom. The van der Waals surface area contributed by atoms with Gasteiger partial charge in [0.1, 0.15) is 0 Å². The van der Waals surface area contributed by atoms with Crippen molar-refractivity contribution in [2.24, 2.45) is 5.73 Å². The summed E-state index contributed by atoms with van der Waals surface area (Å²) in [5.41, 5.74) is 8.64. The highest BCUT2D eigenvalue weighted by Crippen LogP contribution is 2.20. The Bertz CT molecular complexity index is 677. The molecule has 1 aromatic heterocycles. The molecule has 0 spiro atoms. The molecule has 2 heteroatoms. The topological polar surface area (TPSA) is 38.9 Å². The molecule has 1 heterocycles. The third-order valence-corrected chi connectivity index (χ3v) is 3.40. The number of rotatable bonds is 3. The van der Waals surface area contributed by atoms with E-state index in [1.807, 2.05) is 12.1 Å². The van der Waals surface area contributed by atoms with E-state index in [-0.39, 0.29) is 6.04 Å². The highest BCUT2D eigenvalue weighted by Gasteiger charge is 2.07. The second-order valence-corrected chi connectivity index (χ2v) is 4.77. The number of aromatic nitrogens is 1. The van der Waals surface area contributed by atoms with Gasteiger partial charge in [0, 0.05) is 18.4 Å². The third kappa shape index (κ3) is 2.64. The van der Waals surface area contributed by atoms with Crippen molar-refractivity contribution >= 4 is 10.8 Å². The minimum Gasteiger partial charge on any atom is -0.324 e. The van der Waals surface area contributed by atoms with Gasteiger partial charge in [-0.1, -0.05) is 42.5 Å². The molecular weight excluding hydrogens is 232 g/mol. The van der Waals surface area contributed by atoms with Crippen molar-refractivity contribution in [3.63, 3.8) is 0 Å². The summed E-state index contributed by atoms with van der Waals surface area (Å²) in [5, 5.41) is 2.53. The lowest BCUT2D eigenvalue weighted by Crippen LogP contribution is -2.13. The first-order chi connectivity index (χ1) is 9.33. The van der Waals surface area contributed by atoms with E-state index in [1.165, 1.54) is 16.3 Å². The lowest BCUT2D eigenvalue weighted by atomic mass is 9.98. The molecule has 0 fully saturated rings. The van der Waals surface area contributed by atoms with E-state index in [1.54, 1.807) is 12.4 Å². The summed E-state index contributed by atoms with van der Waals surface area (Å²) in [6, 6.07) is 18.9. The summed E-state index contributed by atoms with van der Waals surface area (Å²) < 4.78 is 0. The van der Waals surface area contributed by atoms with E-state index in [0.717, 1.165) is 12.0 Å². The number of fused-ring (bicyclic) bond motifs is 1. The Hall–Kier alpha value is -2.19. The molecule has 0 saturated carbocycles. The molecule has 19 heavy (non-hydrogen) atoms. The van der Waals surface area contributed by atoms with Crippen LogP contribution in [0.15, 0.2) is 67.0 Å². The second-order valence-electron chi connectivity index (χ2n) is 4.77. The molecule has 3 rings (SSSR count). The van der Waals surface area contributed by atoms with Crippen molar-refractivity contribution in [3.8, 4) is 0 Å². The summed E-state index contributed by atoms with van der Waals surface area (Å²) in [6.07, 6.45) is 4.42. The second kappa shape index (κ2) is 5.21. The summed E-state index contributed by atoms with van der Waals surface area (Å²) in [7, 11) is 0. The molecule has 0 saturated heterocycles.